The number of nitrogens with zero attached hydrogens (tertiary/aromatic N) is 1. The lowest BCUT2D eigenvalue weighted by molar-refractivity contribution is 0.986. The number of aromatic amines is 1. The van der Waals surface area contributed by atoms with Crippen molar-refractivity contribution in [3.63, 3.8) is 0 Å². The van der Waals surface area contributed by atoms with Gasteiger partial charge in [-0.15, -0.1) is 0 Å². The van der Waals surface area contributed by atoms with Crippen LogP contribution >= 0.6 is 0 Å². The smallest absolute Gasteiger partial charge is 0.253 e. The Labute approximate surface area is 129 Å². The summed E-state index contributed by atoms with van der Waals surface area (Å²) in [6.07, 6.45) is 0.795. The van der Waals surface area contributed by atoms with Gasteiger partial charge in [0.1, 0.15) is 0 Å². The second kappa shape index (κ2) is 4.73. The molecule has 0 radical (unpaired) electrons. The highest BCUT2D eigenvalue weighted by Gasteiger charge is 2.26. The van der Waals surface area contributed by atoms with Crippen LogP contribution in [0.4, 0.5) is 11.4 Å². The highest BCUT2D eigenvalue weighted by molar-refractivity contribution is 5.98. The third-order valence-corrected chi connectivity index (χ3v) is 4.59. The molecule has 1 aromatic heterocycles. The van der Waals surface area contributed by atoms with Crippen molar-refractivity contribution in [3.05, 3.63) is 69.5 Å². The lowest BCUT2D eigenvalue weighted by Gasteiger charge is -2.23. The maximum Gasteiger partial charge on any atom is 0.253 e. The van der Waals surface area contributed by atoms with Crippen molar-refractivity contribution in [2.45, 2.75) is 20.3 Å². The van der Waals surface area contributed by atoms with Crippen LogP contribution in [0.15, 0.2) is 47.3 Å². The number of H-pyrrole nitrogens is 1. The number of aromatic nitrogens is 1. The van der Waals surface area contributed by atoms with E-state index in [1.165, 1.54) is 11.3 Å². The molecule has 1 N–H and O–H groups in total. The van der Waals surface area contributed by atoms with Gasteiger partial charge in [-0.1, -0.05) is 36.4 Å². The molecule has 3 nitrogen and oxygen atoms in total. The van der Waals surface area contributed by atoms with Crippen LogP contribution in [-0.4, -0.2) is 11.5 Å². The zero-order chi connectivity index (χ0) is 15.3. The Bertz CT molecular complexity index is 940. The lowest BCUT2D eigenvalue weighted by atomic mass is 10.1. The number of aryl methyl sites for hydroxylation is 2. The Morgan fingerprint density at radius 3 is 2.59 bits per heavy atom. The summed E-state index contributed by atoms with van der Waals surface area (Å²) in [5.41, 5.74) is 6.51. The number of benzene rings is 2. The molecule has 110 valence electrons. The fraction of sp³-hybridized carbons (Fsp3) is 0.211. The zero-order valence-electron chi connectivity index (χ0n) is 12.8. The standard InChI is InChI=1S/C19H18N2O/c1-12-6-3-4-9-16(12)21-11-10-15-18(21)14-8-5-7-13(2)17(14)20-19(15)22/h3-9H,10-11H2,1-2H3,(H,20,22). The molecule has 4 rings (SSSR count). The van der Waals surface area contributed by atoms with Crippen molar-refractivity contribution in [1.82, 2.24) is 4.98 Å². The molecule has 3 aromatic rings. The fourth-order valence-corrected chi connectivity index (χ4v) is 3.47. The quantitative estimate of drug-likeness (QED) is 0.739. The average molecular weight is 290 g/mol. The number of anilines is 2. The lowest BCUT2D eigenvalue weighted by Crippen LogP contribution is -2.16. The van der Waals surface area contributed by atoms with Gasteiger partial charge in [0.2, 0.25) is 0 Å². The minimum absolute atomic E-state index is 0.0490. The molecule has 22 heavy (non-hydrogen) atoms. The van der Waals surface area contributed by atoms with Gasteiger partial charge in [0, 0.05) is 23.2 Å². The van der Waals surface area contributed by atoms with E-state index < -0.39 is 0 Å². The molecule has 0 saturated heterocycles. The minimum atomic E-state index is 0.0490. The molecule has 0 amide bonds. The van der Waals surface area contributed by atoms with Crippen molar-refractivity contribution in [1.29, 1.82) is 0 Å². The number of hydrogen-bond donors (Lipinski definition) is 1. The first-order valence-electron chi connectivity index (χ1n) is 7.64. The van der Waals surface area contributed by atoms with E-state index in [1.807, 2.05) is 13.0 Å². The summed E-state index contributed by atoms with van der Waals surface area (Å²) in [5.74, 6) is 0. The van der Waals surface area contributed by atoms with Gasteiger partial charge in [-0.05, 0) is 37.5 Å². The minimum Gasteiger partial charge on any atom is -0.340 e. The van der Waals surface area contributed by atoms with Gasteiger partial charge >= 0.3 is 0 Å². The number of fused-ring (bicyclic) bond motifs is 3. The molecule has 0 saturated carbocycles. The maximum absolute atomic E-state index is 12.5. The molecule has 2 aromatic carbocycles. The van der Waals surface area contributed by atoms with E-state index in [4.69, 9.17) is 0 Å². The normalized spacial score (nSPS) is 13.6. The van der Waals surface area contributed by atoms with Crippen LogP contribution in [0.3, 0.4) is 0 Å². The Morgan fingerprint density at radius 1 is 1.00 bits per heavy atom. The largest absolute Gasteiger partial charge is 0.340 e. The fourth-order valence-electron chi connectivity index (χ4n) is 3.47. The Kier molecular flexibility index (Phi) is 2.83. The molecule has 0 aliphatic carbocycles. The number of hydrogen-bond acceptors (Lipinski definition) is 2. The Morgan fingerprint density at radius 2 is 1.77 bits per heavy atom. The first-order valence-corrected chi connectivity index (χ1v) is 7.64. The van der Waals surface area contributed by atoms with Gasteiger partial charge in [0.25, 0.3) is 5.56 Å². The second-order valence-electron chi connectivity index (χ2n) is 5.97. The van der Waals surface area contributed by atoms with Gasteiger partial charge in [-0.2, -0.15) is 0 Å². The predicted octanol–water partition coefficient (Wildman–Crippen LogP) is 3.84. The summed E-state index contributed by atoms with van der Waals surface area (Å²) in [6.45, 7) is 5.02. The summed E-state index contributed by atoms with van der Waals surface area (Å²) >= 11 is 0. The number of para-hydroxylation sites is 2. The Hall–Kier alpha value is -2.55. The van der Waals surface area contributed by atoms with E-state index in [0.717, 1.165) is 40.7 Å². The Balaban J connectivity index is 2.06. The monoisotopic (exact) mass is 290 g/mol. The van der Waals surface area contributed by atoms with Crippen LogP contribution in [-0.2, 0) is 6.42 Å². The summed E-state index contributed by atoms with van der Waals surface area (Å²) in [4.78, 5) is 17.8. The van der Waals surface area contributed by atoms with E-state index in [1.54, 1.807) is 0 Å². The molecular weight excluding hydrogens is 272 g/mol. The van der Waals surface area contributed by atoms with E-state index in [-0.39, 0.29) is 5.56 Å². The molecule has 0 atom stereocenters. The maximum atomic E-state index is 12.5. The highest BCUT2D eigenvalue weighted by Crippen LogP contribution is 2.39. The van der Waals surface area contributed by atoms with Gasteiger partial charge in [0.15, 0.2) is 0 Å². The zero-order valence-corrected chi connectivity index (χ0v) is 12.8. The van der Waals surface area contributed by atoms with Crippen LogP contribution in [0.5, 0.6) is 0 Å². The van der Waals surface area contributed by atoms with Gasteiger partial charge in [-0.25, -0.2) is 0 Å². The average Bonchev–Trinajstić information content (AvgIpc) is 2.95. The van der Waals surface area contributed by atoms with E-state index in [9.17, 15) is 4.79 Å². The molecule has 0 fully saturated rings. The summed E-state index contributed by atoms with van der Waals surface area (Å²) in [6, 6.07) is 14.6. The highest BCUT2D eigenvalue weighted by atomic mass is 16.1. The van der Waals surface area contributed by atoms with Crippen LogP contribution in [0.1, 0.15) is 16.7 Å². The summed E-state index contributed by atoms with van der Waals surface area (Å²) < 4.78 is 0. The molecule has 1 aliphatic rings. The molecular formula is C19H18N2O. The topological polar surface area (TPSA) is 36.1 Å². The van der Waals surface area contributed by atoms with Crippen molar-refractivity contribution >= 4 is 22.3 Å². The third kappa shape index (κ3) is 1.78. The SMILES string of the molecule is Cc1ccccc1N1CCc2c1c1cccc(C)c1[nH]c2=O. The van der Waals surface area contributed by atoms with Gasteiger partial charge in [0.05, 0.1) is 11.2 Å². The van der Waals surface area contributed by atoms with Gasteiger partial charge in [-0.3, -0.25) is 4.79 Å². The van der Waals surface area contributed by atoms with Crippen LogP contribution in [0, 0.1) is 13.8 Å². The number of pyridine rings is 1. The van der Waals surface area contributed by atoms with Crippen molar-refractivity contribution in [2.24, 2.45) is 0 Å². The molecule has 0 spiro atoms. The van der Waals surface area contributed by atoms with E-state index in [0.29, 0.717) is 0 Å². The van der Waals surface area contributed by atoms with Crippen LogP contribution < -0.4 is 10.5 Å². The second-order valence-corrected chi connectivity index (χ2v) is 5.97. The molecule has 0 bridgehead atoms. The molecule has 1 aliphatic heterocycles. The summed E-state index contributed by atoms with van der Waals surface area (Å²) in [7, 11) is 0. The molecule has 2 heterocycles. The predicted molar refractivity (Wildman–Crippen MR) is 91.2 cm³/mol. The van der Waals surface area contributed by atoms with E-state index >= 15 is 0 Å². The first kappa shape index (κ1) is 13.1. The van der Waals surface area contributed by atoms with Gasteiger partial charge < -0.3 is 9.88 Å². The molecule has 3 heteroatoms. The first-order chi connectivity index (χ1) is 10.7. The van der Waals surface area contributed by atoms with Crippen molar-refractivity contribution in [3.8, 4) is 0 Å². The van der Waals surface area contributed by atoms with Crippen LogP contribution in [0.25, 0.3) is 10.9 Å². The summed E-state index contributed by atoms with van der Waals surface area (Å²) in [5, 5.41) is 1.13. The third-order valence-electron chi connectivity index (χ3n) is 4.59. The van der Waals surface area contributed by atoms with Crippen molar-refractivity contribution < 1.29 is 0 Å². The van der Waals surface area contributed by atoms with E-state index in [2.05, 4.69) is 53.2 Å². The van der Waals surface area contributed by atoms with Crippen molar-refractivity contribution in [2.75, 3.05) is 11.4 Å². The number of rotatable bonds is 1. The number of nitrogens with one attached hydrogen (secondary N) is 1. The van der Waals surface area contributed by atoms with Crippen LogP contribution in [0.2, 0.25) is 0 Å². The molecule has 0 unspecified atom stereocenters.